The molecule has 1 fully saturated rings. The van der Waals surface area contributed by atoms with Crippen molar-refractivity contribution in [1.29, 1.82) is 5.26 Å². The van der Waals surface area contributed by atoms with Gasteiger partial charge >= 0.3 is 0 Å². The van der Waals surface area contributed by atoms with Gasteiger partial charge in [0.15, 0.2) is 0 Å². The Labute approximate surface area is 116 Å². The Bertz CT molecular complexity index is 475. The molecule has 0 aliphatic carbocycles. The summed E-state index contributed by atoms with van der Waals surface area (Å²) in [7, 11) is 0. The van der Waals surface area contributed by atoms with Gasteiger partial charge in [-0.3, -0.25) is 4.90 Å². The van der Waals surface area contributed by atoms with E-state index in [0.717, 1.165) is 18.7 Å². The second-order valence-corrected chi connectivity index (χ2v) is 5.59. The molecule has 0 amide bonds. The van der Waals surface area contributed by atoms with Gasteiger partial charge < -0.3 is 5.73 Å². The number of hydrogen-bond acceptors (Lipinski definition) is 3. The predicted octanol–water partition coefficient (Wildman–Crippen LogP) is 2.57. The Morgan fingerprint density at radius 1 is 1.42 bits per heavy atom. The number of piperidine rings is 1. The van der Waals surface area contributed by atoms with E-state index in [1.165, 1.54) is 30.4 Å². The lowest BCUT2D eigenvalue weighted by Crippen LogP contribution is -2.48. The van der Waals surface area contributed by atoms with Crippen LogP contribution < -0.4 is 5.73 Å². The number of aryl methyl sites for hydroxylation is 1. The molecule has 1 heterocycles. The average molecular weight is 257 g/mol. The van der Waals surface area contributed by atoms with Crippen molar-refractivity contribution in [3.8, 4) is 6.07 Å². The van der Waals surface area contributed by atoms with Crippen LogP contribution in [-0.2, 0) is 6.54 Å². The van der Waals surface area contributed by atoms with Crippen LogP contribution in [0.2, 0.25) is 0 Å². The number of nitrogens with two attached hydrogens (primary N) is 1. The van der Waals surface area contributed by atoms with E-state index in [2.05, 4.69) is 30.9 Å². The van der Waals surface area contributed by atoms with E-state index in [1.54, 1.807) is 0 Å². The van der Waals surface area contributed by atoms with Crippen molar-refractivity contribution in [2.75, 3.05) is 6.54 Å². The maximum absolute atomic E-state index is 8.92. The van der Waals surface area contributed by atoms with E-state index in [9.17, 15) is 0 Å². The van der Waals surface area contributed by atoms with Crippen molar-refractivity contribution in [2.45, 2.75) is 51.7 Å². The van der Waals surface area contributed by atoms with E-state index < -0.39 is 0 Å². The number of nitriles is 1. The first-order valence-corrected chi connectivity index (χ1v) is 7.11. The monoisotopic (exact) mass is 257 g/mol. The van der Waals surface area contributed by atoms with Crippen LogP contribution in [0.3, 0.4) is 0 Å². The highest BCUT2D eigenvalue weighted by molar-refractivity contribution is 5.37. The molecule has 0 radical (unpaired) electrons. The maximum Gasteiger partial charge on any atom is 0.0991 e. The molecule has 0 bridgehead atoms. The van der Waals surface area contributed by atoms with Crippen molar-refractivity contribution in [1.82, 2.24) is 4.90 Å². The fraction of sp³-hybridized carbons (Fsp3) is 0.562. The van der Waals surface area contributed by atoms with E-state index in [4.69, 9.17) is 11.0 Å². The average Bonchev–Trinajstić information content (AvgIpc) is 2.42. The molecule has 0 saturated carbocycles. The third-order valence-corrected chi connectivity index (χ3v) is 4.29. The minimum atomic E-state index is 0.499. The van der Waals surface area contributed by atoms with Gasteiger partial charge in [0.1, 0.15) is 0 Å². The second-order valence-electron chi connectivity index (χ2n) is 5.59. The predicted molar refractivity (Wildman–Crippen MR) is 77.6 cm³/mol. The number of benzene rings is 1. The highest BCUT2D eigenvalue weighted by Gasteiger charge is 2.26. The highest BCUT2D eigenvalue weighted by Crippen LogP contribution is 2.25. The van der Waals surface area contributed by atoms with E-state index in [-0.39, 0.29) is 0 Å². The van der Waals surface area contributed by atoms with Crippen LogP contribution in [0.1, 0.15) is 42.9 Å². The van der Waals surface area contributed by atoms with Gasteiger partial charge in [0.2, 0.25) is 0 Å². The Hall–Kier alpha value is -1.37. The Morgan fingerprint density at radius 3 is 2.84 bits per heavy atom. The number of nitrogens with zero attached hydrogens (tertiary/aromatic N) is 2. The minimum absolute atomic E-state index is 0.499. The van der Waals surface area contributed by atoms with Gasteiger partial charge in [-0.05, 0) is 49.9 Å². The number of likely N-dealkylation sites (tertiary alicyclic amines) is 1. The molecule has 0 aromatic heterocycles. The zero-order valence-corrected chi connectivity index (χ0v) is 11.9. The maximum atomic E-state index is 8.92. The second kappa shape index (κ2) is 6.18. The molecule has 0 spiro atoms. The first-order valence-electron chi connectivity index (χ1n) is 7.11. The van der Waals surface area contributed by atoms with Gasteiger partial charge in [-0.15, -0.1) is 0 Å². The summed E-state index contributed by atoms with van der Waals surface area (Å²) in [6, 6.07) is 9.26. The van der Waals surface area contributed by atoms with Gasteiger partial charge in [-0.1, -0.05) is 12.5 Å². The third-order valence-electron chi connectivity index (χ3n) is 4.29. The van der Waals surface area contributed by atoms with Crippen LogP contribution in [0.15, 0.2) is 18.2 Å². The highest BCUT2D eigenvalue weighted by atomic mass is 15.2. The van der Waals surface area contributed by atoms with E-state index >= 15 is 0 Å². The lowest BCUT2D eigenvalue weighted by molar-refractivity contribution is 0.0890. The fourth-order valence-electron chi connectivity index (χ4n) is 3.02. The van der Waals surface area contributed by atoms with Crippen molar-refractivity contribution in [3.05, 3.63) is 34.9 Å². The van der Waals surface area contributed by atoms with Crippen LogP contribution >= 0.6 is 0 Å². The zero-order valence-electron chi connectivity index (χ0n) is 11.9. The molecule has 2 rings (SSSR count). The van der Waals surface area contributed by atoms with Crippen molar-refractivity contribution < 1.29 is 0 Å². The number of hydrogen-bond donors (Lipinski definition) is 1. The van der Waals surface area contributed by atoms with Crippen molar-refractivity contribution in [3.63, 3.8) is 0 Å². The van der Waals surface area contributed by atoms with Gasteiger partial charge in [0.25, 0.3) is 0 Å². The summed E-state index contributed by atoms with van der Waals surface area (Å²) in [6.07, 6.45) is 3.74. The lowest BCUT2D eigenvalue weighted by Gasteiger charge is -2.40. The van der Waals surface area contributed by atoms with Gasteiger partial charge in [-0.2, -0.15) is 5.26 Å². The molecule has 1 aliphatic heterocycles. The smallest absolute Gasteiger partial charge is 0.0991 e. The summed E-state index contributed by atoms with van der Waals surface area (Å²) >= 11 is 0. The van der Waals surface area contributed by atoms with Crippen molar-refractivity contribution >= 4 is 0 Å². The van der Waals surface area contributed by atoms with E-state index in [0.29, 0.717) is 12.1 Å². The van der Waals surface area contributed by atoms with Crippen molar-refractivity contribution in [2.24, 2.45) is 5.73 Å². The zero-order chi connectivity index (χ0) is 13.8. The summed E-state index contributed by atoms with van der Waals surface area (Å²) < 4.78 is 0. The summed E-state index contributed by atoms with van der Waals surface area (Å²) in [5, 5.41) is 8.92. The van der Waals surface area contributed by atoms with Crippen LogP contribution in [-0.4, -0.2) is 23.5 Å². The van der Waals surface area contributed by atoms with Crippen LogP contribution in [0.5, 0.6) is 0 Å². The minimum Gasteiger partial charge on any atom is -0.329 e. The molecular formula is C16H23N3. The molecule has 2 N–H and O–H groups in total. The molecule has 19 heavy (non-hydrogen) atoms. The summed E-state index contributed by atoms with van der Waals surface area (Å²) in [4.78, 5) is 2.53. The molecule has 3 nitrogen and oxygen atoms in total. The Morgan fingerprint density at radius 2 is 2.21 bits per heavy atom. The topological polar surface area (TPSA) is 53.0 Å². The third kappa shape index (κ3) is 3.15. The normalized spacial score (nSPS) is 24.1. The molecule has 102 valence electrons. The molecular weight excluding hydrogens is 234 g/mol. The Kier molecular flexibility index (Phi) is 4.57. The fourth-order valence-corrected chi connectivity index (χ4v) is 3.02. The number of rotatable bonds is 3. The summed E-state index contributed by atoms with van der Waals surface area (Å²) in [5.74, 6) is 0. The molecule has 1 aromatic rings. The summed E-state index contributed by atoms with van der Waals surface area (Å²) in [5.41, 5.74) is 9.16. The SMILES string of the molecule is Cc1cc(C#N)ccc1CN1C(C)CCCC1CN. The first-order chi connectivity index (χ1) is 9.15. The quantitative estimate of drug-likeness (QED) is 0.905. The van der Waals surface area contributed by atoms with Gasteiger partial charge in [0, 0.05) is 25.2 Å². The molecule has 1 aliphatic rings. The first kappa shape index (κ1) is 14.0. The van der Waals surface area contributed by atoms with Crippen LogP contribution in [0.4, 0.5) is 0 Å². The van der Waals surface area contributed by atoms with Gasteiger partial charge in [0.05, 0.1) is 11.6 Å². The van der Waals surface area contributed by atoms with E-state index in [1.807, 2.05) is 12.1 Å². The molecule has 1 aromatic carbocycles. The van der Waals surface area contributed by atoms with Crippen LogP contribution in [0, 0.1) is 18.3 Å². The Balaban J connectivity index is 2.17. The largest absolute Gasteiger partial charge is 0.329 e. The standard InChI is InChI=1S/C16H23N3/c1-12-8-14(9-17)6-7-15(12)11-19-13(2)4-3-5-16(19)10-18/h6-8,13,16H,3-5,10-11,18H2,1-2H3. The summed E-state index contributed by atoms with van der Waals surface area (Å²) in [6.45, 7) is 6.06. The molecule has 2 unspecified atom stereocenters. The molecule has 3 heteroatoms. The molecule has 2 atom stereocenters. The van der Waals surface area contributed by atoms with Gasteiger partial charge in [-0.25, -0.2) is 0 Å². The lowest BCUT2D eigenvalue weighted by atomic mass is 9.94. The van der Waals surface area contributed by atoms with Crippen LogP contribution in [0.25, 0.3) is 0 Å². The molecule has 1 saturated heterocycles.